The quantitative estimate of drug-likeness (QED) is 0.0626. The third-order valence-corrected chi connectivity index (χ3v) is 18.8. The van der Waals surface area contributed by atoms with Gasteiger partial charge < -0.3 is 24.5 Å². The first-order chi connectivity index (χ1) is 40.8. The molecule has 440 valence electrons. The average molecular weight is 1200 g/mol. The first-order valence-corrected chi connectivity index (χ1v) is 31.6. The fourth-order valence-electron chi connectivity index (χ4n) is 13.9. The zero-order valence-corrected chi connectivity index (χ0v) is 52.9. The molecule has 0 atom stereocenters. The smallest absolute Gasteiger partial charge is 0.268 e. The summed E-state index contributed by atoms with van der Waals surface area (Å²) < 4.78 is 10.1. The van der Waals surface area contributed by atoms with Gasteiger partial charge in [0.25, 0.3) is 22.6 Å². The Morgan fingerprint density at radius 1 is 0.541 bits per heavy atom. The molecule has 85 heavy (non-hydrogen) atoms. The molecule has 13 heteroatoms. The van der Waals surface area contributed by atoms with Crippen molar-refractivity contribution in [3.8, 4) is 39.9 Å². The molecule has 0 bridgehead atoms. The van der Waals surface area contributed by atoms with Crippen LogP contribution in [0.5, 0.6) is 17.4 Å². The van der Waals surface area contributed by atoms with Crippen LogP contribution in [0.25, 0.3) is 44.0 Å². The van der Waals surface area contributed by atoms with Crippen molar-refractivity contribution in [1.82, 2.24) is 14.0 Å². The molecule has 11 rings (SSSR count). The van der Waals surface area contributed by atoms with Gasteiger partial charge >= 0.3 is 0 Å². The van der Waals surface area contributed by atoms with Gasteiger partial charge in [-0.2, -0.15) is 0 Å². The normalized spacial score (nSPS) is 13.9. The second-order valence-corrected chi connectivity index (χ2v) is 25.1. The number of carbonyl (C=O) groups is 1. The molecule has 0 saturated heterocycles. The van der Waals surface area contributed by atoms with E-state index in [4.69, 9.17) is 9.73 Å². The maximum atomic E-state index is 15.8. The van der Waals surface area contributed by atoms with Crippen LogP contribution >= 0.6 is 15.9 Å². The average Bonchev–Trinajstić information content (AvgIpc) is 1.82. The predicted molar refractivity (Wildman–Crippen MR) is 350 cm³/mol. The van der Waals surface area contributed by atoms with Crippen LogP contribution in [0.2, 0.25) is 0 Å². The van der Waals surface area contributed by atoms with Crippen molar-refractivity contribution in [3.63, 3.8) is 0 Å². The van der Waals surface area contributed by atoms with E-state index in [1.54, 1.807) is 12.1 Å². The third-order valence-electron chi connectivity index (χ3n) is 18.1. The Morgan fingerprint density at radius 3 is 1.58 bits per heavy atom. The number of para-hydroxylation sites is 2. The van der Waals surface area contributed by atoms with E-state index in [0.717, 1.165) is 101 Å². The molecule has 0 radical (unpaired) electrons. The van der Waals surface area contributed by atoms with Gasteiger partial charge in [-0.05, 0) is 138 Å². The summed E-state index contributed by atoms with van der Waals surface area (Å²) in [6.07, 6.45) is 2.90. The van der Waals surface area contributed by atoms with Crippen LogP contribution in [0, 0.1) is 0 Å². The summed E-state index contributed by atoms with van der Waals surface area (Å²) in [6, 6.07) is 36.3. The van der Waals surface area contributed by atoms with Gasteiger partial charge in [-0.1, -0.05) is 135 Å². The molecule has 3 aliphatic heterocycles. The third kappa shape index (κ3) is 9.41. The number of aromatic nitrogens is 2. The maximum absolute atomic E-state index is 15.8. The molecule has 1 aromatic heterocycles. The zero-order chi connectivity index (χ0) is 60.5. The molecule has 1 aliphatic carbocycles. The number of aromatic hydroxyl groups is 1. The number of nitrogens with zero attached hydrogens (tertiary/aromatic N) is 6. The first kappa shape index (κ1) is 59.0. The number of benzene rings is 7. The molecule has 4 heterocycles. The number of rotatable bonds is 19. The lowest BCUT2D eigenvalue weighted by Crippen LogP contribution is -2.47. The van der Waals surface area contributed by atoms with E-state index in [9.17, 15) is 5.11 Å². The highest BCUT2D eigenvalue weighted by Crippen LogP contribution is 2.58. The second-order valence-electron chi connectivity index (χ2n) is 24.3. The summed E-state index contributed by atoms with van der Waals surface area (Å²) >= 11 is 3.78. The molecule has 0 saturated carbocycles. The Labute approximate surface area is 507 Å². The van der Waals surface area contributed by atoms with Crippen LogP contribution in [-0.4, -0.2) is 64.3 Å². The van der Waals surface area contributed by atoms with Crippen molar-refractivity contribution in [3.05, 3.63) is 195 Å². The van der Waals surface area contributed by atoms with Gasteiger partial charge in [0.15, 0.2) is 0 Å². The number of fused-ring (bicyclic) bond motifs is 6. The zero-order valence-electron chi connectivity index (χ0n) is 51.3. The van der Waals surface area contributed by atoms with Crippen molar-refractivity contribution in [2.24, 2.45) is 4.99 Å². The summed E-state index contributed by atoms with van der Waals surface area (Å²) in [7, 11) is 0. The summed E-state index contributed by atoms with van der Waals surface area (Å²) in [5.74, 6) is 1.15. The second kappa shape index (κ2) is 23.2. The molecule has 7 aromatic rings. The van der Waals surface area contributed by atoms with E-state index >= 15 is 19.2 Å². The van der Waals surface area contributed by atoms with Gasteiger partial charge in [0.05, 0.1) is 33.1 Å². The highest BCUT2D eigenvalue weighted by atomic mass is 79.9. The number of ether oxygens (including phenoxy) is 1. The number of halogens is 1. The summed E-state index contributed by atoms with van der Waals surface area (Å²) in [6.45, 7) is 29.3. The Morgan fingerprint density at radius 2 is 1.05 bits per heavy atom. The predicted octanol–water partition coefficient (Wildman–Crippen LogP) is 15.3. The van der Waals surface area contributed by atoms with Gasteiger partial charge in [0, 0.05) is 100 Å². The van der Waals surface area contributed by atoms with E-state index in [1.165, 1.54) is 9.13 Å². The summed E-state index contributed by atoms with van der Waals surface area (Å²) in [5.41, 5.74) is 8.46. The lowest BCUT2D eigenvalue weighted by molar-refractivity contribution is 0.0660. The first-order valence-electron chi connectivity index (χ1n) is 30.8. The van der Waals surface area contributed by atoms with Gasteiger partial charge in [-0.25, -0.2) is 9.13 Å². The van der Waals surface area contributed by atoms with E-state index in [2.05, 4.69) is 156 Å². The number of amides is 1. The fourth-order valence-corrected chi connectivity index (χ4v) is 14.5. The van der Waals surface area contributed by atoms with E-state index in [1.807, 2.05) is 54.6 Å². The largest absolute Gasteiger partial charge is 0.494 e. The molecule has 0 unspecified atom stereocenters. The number of anilines is 2. The van der Waals surface area contributed by atoms with Gasteiger partial charge in [-0.15, -0.1) is 0 Å². The Balaban J connectivity index is 1.01. The van der Waals surface area contributed by atoms with Crippen LogP contribution in [0.4, 0.5) is 11.4 Å². The highest BCUT2D eigenvalue weighted by Gasteiger charge is 2.56. The van der Waals surface area contributed by atoms with E-state index < -0.39 is 22.2 Å². The number of carbonyl (C=O) groups excluding carboxylic acids is 1. The van der Waals surface area contributed by atoms with E-state index in [0.29, 0.717) is 69.0 Å². The van der Waals surface area contributed by atoms with Crippen molar-refractivity contribution in [1.29, 1.82) is 0 Å². The molecule has 1 amide bonds. The van der Waals surface area contributed by atoms with Crippen molar-refractivity contribution < 1.29 is 14.6 Å². The Hall–Kier alpha value is -7.77. The van der Waals surface area contributed by atoms with Crippen LogP contribution in [0.3, 0.4) is 0 Å². The SMILES string of the molecule is CCN(CC)c1ccc2c(c1)Oc1cc(N(CC)CC)ccc1C21c2ccccc2C(=O)N1CCCCCCN=c1cc2c(=O)n(-c3c(C(C)C)cccc3C(C)C)c(=O)c3c(Br)cc4c(O)n(-c5c(C(C)C)cccc5C(C)C)c(=O)c1c4c3-2. The van der Waals surface area contributed by atoms with Crippen LogP contribution in [-0.2, 0) is 5.54 Å². The fraction of sp³-hybridized carbons (Fsp3) is 0.375. The molecule has 1 N–H and O–H groups in total. The highest BCUT2D eigenvalue weighted by molar-refractivity contribution is 9.10. The molecular formula is C72H79BrN6O6. The molecule has 6 aromatic carbocycles. The van der Waals surface area contributed by atoms with Crippen molar-refractivity contribution in [2.45, 2.75) is 138 Å². The van der Waals surface area contributed by atoms with Gasteiger partial charge in [0.1, 0.15) is 17.0 Å². The van der Waals surface area contributed by atoms with Crippen LogP contribution in [0.1, 0.15) is 182 Å². The van der Waals surface area contributed by atoms with Crippen LogP contribution in [0.15, 0.2) is 133 Å². The maximum Gasteiger partial charge on any atom is 0.268 e. The number of hydrogen-bond acceptors (Lipinski definition) is 9. The lowest BCUT2D eigenvalue weighted by Gasteiger charge is -2.45. The molecule has 4 aliphatic rings. The summed E-state index contributed by atoms with van der Waals surface area (Å²) in [4.78, 5) is 73.6. The van der Waals surface area contributed by atoms with E-state index in [-0.39, 0.29) is 51.8 Å². The Bertz CT molecular complexity index is 4170. The molecule has 1 spiro atoms. The minimum absolute atomic E-state index is 0.00280. The van der Waals surface area contributed by atoms with Crippen molar-refractivity contribution in [2.75, 3.05) is 49.1 Å². The molecule has 12 nitrogen and oxygen atoms in total. The molecule has 0 fully saturated rings. The minimum Gasteiger partial charge on any atom is -0.494 e. The minimum atomic E-state index is -0.940. The van der Waals surface area contributed by atoms with Crippen LogP contribution < -0.4 is 36.6 Å². The lowest BCUT2D eigenvalue weighted by atomic mass is 9.74. The number of pyridine rings is 2. The molecular weight excluding hydrogens is 1120 g/mol. The number of unbranched alkanes of at least 4 members (excludes halogenated alkanes) is 3. The Kier molecular flexibility index (Phi) is 16.1. The number of hydrogen-bond donors (Lipinski definition) is 1. The summed E-state index contributed by atoms with van der Waals surface area (Å²) in [5, 5.41) is 14.1. The monoisotopic (exact) mass is 1200 g/mol. The van der Waals surface area contributed by atoms with Gasteiger partial charge in [0.2, 0.25) is 5.88 Å². The van der Waals surface area contributed by atoms with Crippen molar-refractivity contribution >= 4 is 54.8 Å². The standard InChI is InChI=1S/C72H79BrN6O6/c1-13-75(14-2)45-31-33-55-59(37-45)85-60-38-46(76(15-3)16-4)32-34-56(60)72(55)54-30-20-19-25-51(54)67(80)77(72)36-22-18-17-21-35-74-58-40-53-61-62-52(68(81)79(71(84)64(58)62)66-49(43(9)10)28-24-29-50(66)44(11)12)39-57(73)63(61)70(83)78(69(53)82)65-47(41(5)6)26-23-27-48(65)42(7)8/h19-20,23-34,37-44,81H,13-18,21-22,35-36H2,1-12H3. The van der Waals surface area contributed by atoms with Gasteiger partial charge in [-0.3, -0.25) is 24.2 Å². The topological polar surface area (TPSA) is 130 Å².